The molecular formula is C19H19N5O2. The lowest BCUT2D eigenvalue weighted by Crippen LogP contribution is -2.31. The van der Waals surface area contributed by atoms with E-state index in [2.05, 4.69) is 38.9 Å². The van der Waals surface area contributed by atoms with Gasteiger partial charge >= 0.3 is 0 Å². The van der Waals surface area contributed by atoms with Crippen LogP contribution in [0.25, 0.3) is 0 Å². The molecule has 4 rings (SSSR count). The zero-order chi connectivity index (χ0) is 18.1. The third-order valence-corrected chi connectivity index (χ3v) is 4.62. The van der Waals surface area contributed by atoms with E-state index in [9.17, 15) is 4.79 Å². The molecule has 3 aromatic rings. The van der Waals surface area contributed by atoms with Gasteiger partial charge in [-0.05, 0) is 54.3 Å². The first-order valence-corrected chi connectivity index (χ1v) is 8.47. The minimum absolute atomic E-state index is 0.137. The van der Waals surface area contributed by atoms with Gasteiger partial charge in [0.2, 0.25) is 0 Å². The predicted octanol–water partition coefficient (Wildman–Crippen LogP) is 2.35. The summed E-state index contributed by atoms with van der Waals surface area (Å²) >= 11 is 0. The molecule has 26 heavy (non-hydrogen) atoms. The molecule has 0 saturated heterocycles. The number of hydrogen-bond acceptors (Lipinski definition) is 5. The third-order valence-electron chi connectivity index (χ3n) is 4.62. The fraction of sp³-hybridized carbons (Fsp3) is 0.263. The number of carbonyl (C=O) groups excluding carboxylic acids is 1. The Morgan fingerprint density at radius 1 is 1.23 bits per heavy atom. The van der Waals surface area contributed by atoms with Crippen LogP contribution in [0.5, 0.6) is 5.75 Å². The van der Waals surface area contributed by atoms with Gasteiger partial charge in [0.05, 0.1) is 0 Å². The van der Waals surface area contributed by atoms with Crippen molar-refractivity contribution in [3.05, 3.63) is 64.5 Å². The predicted molar refractivity (Wildman–Crippen MR) is 96.1 cm³/mol. The molecule has 1 amide bonds. The summed E-state index contributed by atoms with van der Waals surface area (Å²) < 4.78 is 5.83. The van der Waals surface area contributed by atoms with Crippen molar-refractivity contribution >= 4 is 11.6 Å². The van der Waals surface area contributed by atoms with Gasteiger partial charge < -0.3 is 10.1 Å². The van der Waals surface area contributed by atoms with Crippen LogP contribution < -0.4 is 10.1 Å². The van der Waals surface area contributed by atoms with Crippen LogP contribution >= 0.6 is 0 Å². The number of anilines is 1. The summed E-state index contributed by atoms with van der Waals surface area (Å²) in [6, 6.07) is 11.7. The van der Waals surface area contributed by atoms with Gasteiger partial charge in [0.25, 0.3) is 5.91 Å². The highest BCUT2D eigenvalue weighted by Gasteiger charge is 2.29. The maximum Gasteiger partial charge on any atom is 0.265 e. The Morgan fingerprint density at radius 3 is 2.73 bits per heavy atom. The molecule has 0 fully saturated rings. The first-order chi connectivity index (χ1) is 12.6. The zero-order valence-electron chi connectivity index (χ0n) is 14.6. The molecule has 2 heterocycles. The lowest BCUT2D eigenvalue weighted by molar-refractivity contribution is -0.122. The molecule has 0 saturated carbocycles. The summed E-state index contributed by atoms with van der Waals surface area (Å²) in [6.07, 6.45) is 0.688. The number of aryl methyl sites for hydroxylation is 2. The molecule has 7 nitrogen and oxygen atoms in total. The largest absolute Gasteiger partial charge is 0.480 e. The number of aromatic nitrogens is 4. The van der Waals surface area contributed by atoms with Crippen LogP contribution in [0.1, 0.15) is 28.1 Å². The fourth-order valence-electron chi connectivity index (χ4n) is 3.03. The number of hydrogen-bond donors (Lipinski definition) is 2. The van der Waals surface area contributed by atoms with E-state index in [1.165, 1.54) is 11.1 Å². The van der Waals surface area contributed by atoms with Gasteiger partial charge in [-0.1, -0.05) is 23.4 Å². The lowest BCUT2D eigenvalue weighted by atomic mass is 10.0. The summed E-state index contributed by atoms with van der Waals surface area (Å²) in [7, 11) is 0. The second kappa shape index (κ2) is 6.59. The minimum Gasteiger partial charge on any atom is -0.480 e. The van der Waals surface area contributed by atoms with E-state index in [-0.39, 0.29) is 5.91 Å². The van der Waals surface area contributed by atoms with Crippen molar-refractivity contribution in [3.8, 4) is 5.75 Å². The maximum atomic E-state index is 12.5. The normalized spacial score (nSPS) is 15.4. The number of tetrazole rings is 1. The van der Waals surface area contributed by atoms with Crippen LogP contribution in [-0.2, 0) is 17.6 Å². The van der Waals surface area contributed by atoms with Crippen molar-refractivity contribution in [1.29, 1.82) is 0 Å². The SMILES string of the molecule is Cc1cc2c(cc1C)OC(C(=O)Nc1ccc(Cc3nn[nH]n3)cc1)C2. The van der Waals surface area contributed by atoms with Crippen molar-refractivity contribution in [2.45, 2.75) is 32.8 Å². The number of benzene rings is 2. The van der Waals surface area contributed by atoms with Gasteiger partial charge in [-0.25, -0.2) is 0 Å². The summed E-state index contributed by atoms with van der Waals surface area (Å²) in [5.41, 5.74) is 5.25. The van der Waals surface area contributed by atoms with E-state index in [4.69, 9.17) is 4.74 Å². The number of H-pyrrole nitrogens is 1. The number of nitrogens with zero attached hydrogens (tertiary/aromatic N) is 3. The highest BCUT2D eigenvalue weighted by atomic mass is 16.5. The Balaban J connectivity index is 1.39. The Morgan fingerprint density at radius 2 is 2.00 bits per heavy atom. The molecule has 1 aliphatic rings. The fourth-order valence-corrected chi connectivity index (χ4v) is 3.03. The Hall–Kier alpha value is -3.22. The van der Waals surface area contributed by atoms with Gasteiger partial charge in [-0.2, -0.15) is 5.21 Å². The van der Waals surface area contributed by atoms with Crippen LogP contribution in [0.15, 0.2) is 36.4 Å². The first-order valence-electron chi connectivity index (χ1n) is 8.47. The summed E-state index contributed by atoms with van der Waals surface area (Å²) in [5, 5.41) is 16.8. The zero-order valence-corrected chi connectivity index (χ0v) is 14.6. The summed E-state index contributed by atoms with van der Waals surface area (Å²) in [5.74, 6) is 1.30. The number of amides is 1. The van der Waals surface area contributed by atoms with Crippen LogP contribution in [0.2, 0.25) is 0 Å². The van der Waals surface area contributed by atoms with Crippen LogP contribution in [0.4, 0.5) is 5.69 Å². The molecule has 1 atom stereocenters. The quantitative estimate of drug-likeness (QED) is 0.754. The lowest BCUT2D eigenvalue weighted by Gasteiger charge is -2.12. The average molecular weight is 349 g/mol. The van der Waals surface area contributed by atoms with Crippen molar-refractivity contribution in [3.63, 3.8) is 0 Å². The molecule has 1 aromatic heterocycles. The molecule has 1 unspecified atom stereocenters. The molecule has 7 heteroatoms. The minimum atomic E-state index is -0.495. The molecule has 0 radical (unpaired) electrons. The second-order valence-electron chi connectivity index (χ2n) is 6.55. The van der Waals surface area contributed by atoms with Gasteiger partial charge in [0, 0.05) is 18.5 Å². The Bertz CT molecular complexity index is 904. The van der Waals surface area contributed by atoms with E-state index in [0.717, 1.165) is 22.6 Å². The van der Waals surface area contributed by atoms with Crippen LogP contribution in [-0.4, -0.2) is 32.6 Å². The van der Waals surface area contributed by atoms with Gasteiger partial charge in [-0.3, -0.25) is 4.79 Å². The van der Waals surface area contributed by atoms with E-state index in [0.29, 0.717) is 18.7 Å². The molecule has 132 valence electrons. The average Bonchev–Trinajstić information content (AvgIpc) is 3.27. The van der Waals surface area contributed by atoms with E-state index < -0.39 is 6.10 Å². The third kappa shape index (κ3) is 3.28. The number of nitrogens with one attached hydrogen (secondary N) is 2. The van der Waals surface area contributed by atoms with Gasteiger partial charge in [-0.15, -0.1) is 10.2 Å². The molecule has 2 N–H and O–H groups in total. The highest BCUT2D eigenvalue weighted by molar-refractivity contribution is 5.95. The van der Waals surface area contributed by atoms with Crippen molar-refractivity contribution in [2.24, 2.45) is 0 Å². The maximum absolute atomic E-state index is 12.5. The number of fused-ring (bicyclic) bond motifs is 1. The van der Waals surface area contributed by atoms with Crippen LogP contribution in [0, 0.1) is 13.8 Å². The molecule has 2 aromatic carbocycles. The van der Waals surface area contributed by atoms with Crippen LogP contribution in [0.3, 0.4) is 0 Å². The highest BCUT2D eigenvalue weighted by Crippen LogP contribution is 2.31. The van der Waals surface area contributed by atoms with E-state index in [1.54, 1.807) is 0 Å². The van der Waals surface area contributed by atoms with Gasteiger partial charge in [0.1, 0.15) is 5.75 Å². The Labute approximate surface area is 150 Å². The number of rotatable bonds is 4. The molecule has 0 bridgehead atoms. The first kappa shape index (κ1) is 16.3. The summed E-state index contributed by atoms with van der Waals surface area (Å²) in [4.78, 5) is 12.5. The molecule has 1 aliphatic heterocycles. The van der Waals surface area contributed by atoms with E-state index >= 15 is 0 Å². The molecular weight excluding hydrogens is 330 g/mol. The second-order valence-corrected chi connectivity index (χ2v) is 6.55. The van der Waals surface area contributed by atoms with Gasteiger partial charge in [0.15, 0.2) is 11.9 Å². The molecule has 0 aliphatic carbocycles. The number of carbonyl (C=O) groups is 1. The van der Waals surface area contributed by atoms with E-state index in [1.807, 2.05) is 37.3 Å². The summed E-state index contributed by atoms with van der Waals surface area (Å²) in [6.45, 7) is 4.11. The standard InChI is InChI=1S/C19H19N5O2/c1-11-7-14-10-17(26-16(14)8-12(11)2)19(25)20-15-5-3-13(4-6-15)9-18-21-23-24-22-18/h3-8,17H,9-10H2,1-2H3,(H,20,25)(H,21,22,23,24). The number of ether oxygens (including phenoxy) is 1. The Kier molecular flexibility index (Phi) is 4.12. The number of aromatic amines is 1. The van der Waals surface area contributed by atoms with Crippen molar-refractivity contribution < 1.29 is 9.53 Å². The smallest absolute Gasteiger partial charge is 0.265 e. The van der Waals surface area contributed by atoms with Crippen molar-refractivity contribution in [1.82, 2.24) is 20.6 Å². The monoisotopic (exact) mass is 349 g/mol. The molecule has 0 spiro atoms. The topological polar surface area (TPSA) is 92.8 Å². The van der Waals surface area contributed by atoms with Crippen molar-refractivity contribution in [2.75, 3.05) is 5.32 Å².